The Morgan fingerprint density at radius 2 is 2.00 bits per heavy atom. The van der Waals surface area contributed by atoms with Crippen LogP contribution in [0.5, 0.6) is 0 Å². The van der Waals surface area contributed by atoms with Crippen molar-refractivity contribution in [2.24, 2.45) is 16.5 Å². The number of carbonyl (C=O) groups is 1. The number of amides is 1. The zero-order valence-electron chi connectivity index (χ0n) is 12.9. The SMILES string of the molecule is NC(N)=NCCC(Cl)C1NC(=O)/C(=C/c2ccc(C(F)(F)F)cc2)O1. The Hall–Kier alpha value is -2.42. The molecule has 0 aromatic heterocycles. The normalized spacial score (nSPS) is 20.1. The highest BCUT2D eigenvalue weighted by atomic mass is 35.5. The van der Waals surface area contributed by atoms with E-state index in [4.69, 9.17) is 27.8 Å². The standard InChI is InChI=1S/C15H16ClF3N4O2/c16-10(5-6-22-14(20)21)13-23-12(24)11(25-13)7-8-1-3-9(4-2-8)15(17,18)19/h1-4,7,10,13H,5-6H2,(H,23,24)(H4,20,21,22)/b11-7-. The summed E-state index contributed by atoms with van der Waals surface area (Å²) in [5.41, 5.74) is 10.0. The average molecular weight is 377 g/mol. The van der Waals surface area contributed by atoms with E-state index in [1.807, 2.05) is 0 Å². The molecule has 1 saturated heterocycles. The zero-order chi connectivity index (χ0) is 18.6. The highest BCUT2D eigenvalue weighted by Crippen LogP contribution is 2.29. The molecule has 0 bridgehead atoms. The van der Waals surface area contributed by atoms with Crippen molar-refractivity contribution >= 4 is 29.5 Å². The van der Waals surface area contributed by atoms with Crippen LogP contribution in [-0.4, -0.2) is 30.0 Å². The van der Waals surface area contributed by atoms with Crippen LogP contribution < -0.4 is 16.8 Å². The van der Waals surface area contributed by atoms with Gasteiger partial charge < -0.3 is 21.5 Å². The number of nitrogens with two attached hydrogens (primary N) is 2. The van der Waals surface area contributed by atoms with E-state index in [-0.39, 0.29) is 18.3 Å². The zero-order valence-corrected chi connectivity index (χ0v) is 13.6. The molecule has 1 aliphatic heterocycles. The summed E-state index contributed by atoms with van der Waals surface area (Å²) < 4.78 is 43.0. The van der Waals surface area contributed by atoms with Gasteiger partial charge in [0.1, 0.15) is 0 Å². The molecular weight excluding hydrogens is 361 g/mol. The second-order valence-corrected chi connectivity index (χ2v) is 5.81. The fourth-order valence-electron chi connectivity index (χ4n) is 2.07. The minimum Gasteiger partial charge on any atom is -0.463 e. The smallest absolute Gasteiger partial charge is 0.416 e. The van der Waals surface area contributed by atoms with E-state index in [1.165, 1.54) is 18.2 Å². The molecule has 1 heterocycles. The van der Waals surface area contributed by atoms with Gasteiger partial charge in [0, 0.05) is 6.54 Å². The first kappa shape index (κ1) is 18.9. The molecule has 10 heteroatoms. The molecule has 1 aromatic carbocycles. The van der Waals surface area contributed by atoms with Crippen molar-refractivity contribution in [3.05, 3.63) is 41.2 Å². The Labute approximate surface area is 146 Å². The van der Waals surface area contributed by atoms with Crippen LogP contribution in [0.4, 0.5) is 13.2 Å². The number of alkyl halides is 4. The van der Waals surface area contributed by atoms with Crippen LogP contribution in [0.1, 0.15) is 17.5 Å². The molecular formula is C15H16ClF3N4O2. The van der Waals surface area contributed by atoms with Crippen LogP contribution in [0.2, 0.25) is 0 Å². The predicted molar refractivity (Wildman–Crippen MR) is 87.4 cm³/mol. The minimum absolute atomic E-state index is 0.0303. The van der Waals surface area contributed by atoms with Gasteiger partial charge in [0.15, 0.2) is 17.9 Å². The lowest BCUT2D eigenvalue weighted by Gasteiger charge is -2.15. The van der Waals surface area contributed by atoms with Crippen molar-refractivity contribution in [2.45, 2.75) is 24.2 Å². The fourth-order valence-corrected chi connectivity index (χ4v) is 2.28. The largest absolute Gasteiger partial charge is 0.463 e. The molecule has 2 atom stereocenters. The van der Waals surface area contributed by atoms with Gasteiger partial charge >= 0.3 is 6.18 Å². The summed E-state index contributed by atoms with van der Waals surface area (Å²) in [4.78, 5) is 15.7. The molecule has 136 valence electrons. The third kappa shape index (κ3) is 5.28. The van der Waals surface area contributed by atoms with Crippen LogP contribution in [0, 0.1) is 0 Å². The molecule has 0 radical (unpaired) electrons. The van der Waals surface area contributed by atoms with Gasteiger partial charge in [0.25, 0.3) is 5.91 Å². The van der Waals surface area contributed by atoms with Crippen LogP contribution in [0.25, 0.3) is 6.08 Å². The first-order chi connectivity index (χ1) is 11.7. The first-order valence-electron chi connectivity index (χ1n) is 7.23. The maximum atomic E-state index is 12.5. The van der Waals surface area contributed by atoms with Gasteiger partial charge in [0.2, 0.25) is 0 Å². The predicted octanol–water partition coefficient (Wildman–Crippen LogP) is 1.79. The first-order valence-corrected chi connectivity index (χ1v) is 7.66. The molecule has 5 N–H and O–H groups in total. The summed E-state index contributed by atoms with van der Waals surface area (Å²) in [7, 11) is 0. The van der Waals surface area contributed by atoms with Crippen LogP contribution in [0.3, 0.4) is 0 Å². The summed E-state index contributed by atoms with van der Waals surface area (Å²) in [5.74, 6) is -0.599. The maximum absolute atomic E-state index is 12.5. The Kier molecular flexibility index (Phi) is 5.78. The third-order valence-corrected chi connectivity index (χ3v) is 3.76. The minimum atomic E-state index is -4.42. The van der Waals surface area contributed by atoms with E-state index < -0.39 is 29.3 Å². The molecule has 0 saturated carbocycles. The maximum Gasteiger partial charge on any atom is 0.416 e. The second kappa shape index (κ2) is 7.64. The summed E-state index contributed by atoms with van der Waals surface area (Å²) in [6, 6.07) is 4.35. The molecule has 2 rings (SSSR count). The van der Waals surface area contributed by atoms with Gasteiger partial charge in [-0.25, -0.2) is 0 Å². The number of hydrogen-bond acceptors (Lipinski definition) is 3. The second-order valence-electron chi connectivity index (χ2n) is 5.25. The molecule has 1 fully saturated rings. The highest BCUT2D eigenvalue weighted by molar-refractivity contribution is 6.21. The van der Waals surface area contributed by atoms with Gasteiger partial charge in [-0.05, 0) is 30.2 Å². The fraction of sp³-hybridized carbons (Fsp3) is 0.333. The van der Waals surface area contributed by atoms with Crippen molar-refractivity contribution in [1.29, 1.82) is 0 Å². The molecule has 0 aliphatic carbocycles. The summed E-state index contributed by atoms with van der Waals surface area (Å²) in [6.07, 6.45) is -3.49. The van der Waals surface area contributed by atoms with Crippen molar-refractivity contribution in [2.75, 3.05) is 6.54 Å². The van der Waals surface area contributed by atoms with E-state index in [0.717, 1.165) is 12.1 Å². The molecule has 2 unspecified atom stereocenters. The Morgan fingerprint density at radius 3 is 2.56 bits per heavy atom. The quantitative estimate of drug-likeness (QED) is 0.315. The Bertz CT molecular complexity index is 685. The third-order valence-electron chi connectivity index (χ3n) is 3.31. The molecule has 1 aliphatic rings. The molecule has 6 nitrogen and oxygen atoms in total. The van der Waals surface area contributed by atoms with Crippen LogP contribution >= 0.6 is 11.6 Å². The van der Waals surface area contributed by atoms with E-state index >= 15 is 0 Å². The van der Waals surface area contributed by atoms with Gasteiger partial charge in [-0.1, -0.05) is 12.1 Å². The molecule has 0 spiro atoms. The van der Waals surface area contributed by atoms with Gasteiger partial charge in [-0.2, -0.15) is 13.2 Å². The van der Waals surface area contributed by atoms with E-state index in [9.17, 15) is 18.0 Å². The Morgan fingerprint density at radius 1 is 1.36 bits per heavy atom. The van der Waals surface area contributed by atoms with Gasteiger partial charge in [-0.15, -0.1) is 11.6 Å². The van der Waals surface area contributed by atoms with Gasteiger partial charge in [-0.3, -0.25) is 9.79 Å². The number of aliphatic imine (C=N–C) groups is 1. The topological polar surface area (TPSA) is 103 Å². The number of benzene rings is 1. The number of ether oxygens (including phenoxy) is 1. The molecule has 25 heavy (non-hydrogen) atoms. The van der Waals surface area contributed by atoms with Crippen molar-refractivity contribution in [3.63, 3.8) is 0 Å². The van der Waals surface area contributed by atoms with Crippen molar-refractivity contribution in [3.8, 4) is 0 Å². The number of halogens is 4. The van der Waals surface area contributed by atoms with Crippen molar-refractivity contribution < 1.29 is 22.7 Å². The number of rotatable bonds is 5. The molecule has 1 amide bonds. The van der Waals surface area contributed by atoms with E-state index in [2.05, 4.69) is 10.3 Å². The number of nitrogens with one attached hydrogen (secondary N) is 1. The summed E-state index contributed by atoms with van der Waals surface area (Å²) in [6.45, 7) is 0.268. The number of nitrogens with zero attached hydrogens (tertiary/aromatic N) is 1. The van der Waals surface area contributed by atoms with Crippen molar-refractivity contribution in [1.82, 2.24) is 5.32 Å². The van der Waals surface area contributed by atoms with E-state index in [1.54, 1.807) is 0 Å². The Balaban J connectivity index is 2.02. The summed E-state index contributed by atoms with van der Waals surface area (Å²) in [5, 5.41) is 1.97. The number of hydrogen-bond donors (Lipinski definition) is 3. The highest BCUT2D eigenvalue weighted by Gasteiger charge is 2.33. The average Bonchev–Trinajstić information content (AvgIpc) is 2.87. The lowest BCUT2D eigenvalue weighted by Crippen LogP contribution is -2.35. The molecule has 1 aromatic rings. The lowest BCUT2D eigenvalue weighted by atomic mass is 10.1. The number of guanidine groups is 1. The van der Waals surface area contributed by atoms with Gasteiger partial charge in [0.05, 0.1) is 10.9 Å². The summed E-state index contributed by atoms with van der Waals surface area (Å²) >= 11 is 6.13. The number of carbonyl (C=O) groups excluding carboxylic acids is 1. The monoisotopic (exact) mass is 376 g/mol. The lowest BCUT2D eigenvalue weighted by molar-refractivity contribution is -0.137. The van der Waals surface area contributed by atoms with Crippen LogP contribution in [-0.2, 0) is 15.7 Å². The van der Waals surface area contributed by atoms with E-state index in [0.29, 0.717) is 12.0 Å². The van der Waals surface area contributed by atoms with Crippen LogP contribution in [0.15, 0.2) is 35.0 Å².